The molecule has 1 aromatic rings. The first-order valence-corrected chi connectivity index (χ1v) is 3.94. The van der Waals surface area contributed by atoms with Crippen LogP contribution in [0.15, 0.2) is 22.7 Å². The van der Waals surface area contributed by atoms with Gasteiger partial charge in [0, 0.05) is 6.54 Å². The summed E-state index contributed by atoms with van der Waals surface area (Å²) in [6.45, 7) is 0.596. The van der Waals surface area contributed by atoms with E-state index in [-0.39, 0.29) is 5.75 Å². The van der Waals surface area contributed by atoms with Gasteiger partial charge in [0.1, 0.15) is 5.75 Å². The van der Waals surface area contributed by atoms with Crippen molar-refractivity contribution in [2.45, 2.75) is 6.54 Å². The van der Waals surface area contributed by atoms with E-state index in [0.717, 1.165) is 5.56 Å². The standard InChI is InChI=1S/C7H9BrN2O/c8-6-3-5(4-10-9)1-2-7(6)11/h1-3,10-11H,4,9H2. The first-order chi connectivity index (χ1) is 5.24. The summed E-state index contributed by atoms with van der Waals surface area (Å²) in [5, 5.41) is 9.11. The van der Waals surface area contributed by atoms with Crippen molar-refractivity contribution in [3.05, 3.63) is 28.2 Å². The molecule has 1 aromatic carbocycles. The number of phenols is 1. The minimum atomic E-state index is 0.241. The van der Waals surface area contributed by atoms with Gasteiger partial charge in [-0.2, -0.15) is 0 Å². The Kier molecular flexibility index (Phi) is 2.87. The first-order valence-electron chi connectivity index (χ1n) is 3.15. The van der Waals surface area contributed by atoms with Gasteiger partial charge in [0.05, 0.1) is 4.47 Å². The number of benzene rings is 1. The van der Waals surface area contributed by atoms with Crippen LogP contribution in [-0.4, -0.2) is 5.11 Å². The quantitative estimate of drug-likeness (QED) is 0.513. The summed E-state index contributed by atoms with van der Waals surface area (Å²) in [5.74, 6) is 5.36. The Balaban J connectivity index is 2.86. The molecule has 0 radical (unpaired) electrons. The number of rotatable bonds is 2. The van der Waals surface area contributed by atoms with E-state index in [1.54, 1.807) is 12.1 Å². The lowest BCUT2D eigenvalue weighted by Crippen LogP contribution is -2.20. The molecular weight excluding hydrogens is 208 g/mol. The minimum Gasteiger partial charge on any atom is -0.507 e. The maximum Gasteiger partial charge on any atom is 0.129 e. The van der Waals surface area contributed by atoms with Gasteiger partial charge in [-0.3, -0.25) is 11.3 Å². The number of hydrazine groups is 1. The predicted octanol–water partition coefficient (Wildman–Crippen LogP) is 1.12. The van der Waals surface area contributed by atoms with Gasteiger partial charge < -0.3 is 5.11 Å². The number of aromatic hydroxyl groups is 1. The maximum absolute atomic E-state index is 9.11. The number of phenolic OH excluding ortho intramolecular Hbond substituents is 1. The van der Waals surface area contributed by atoms with Crippen molar-refractivity contribution in [1.29, 1.82) is 0 Å². The average molecular weight is 217 g/mol. The lowest BCUT2D eigenvalue weighted by Gasteiger charge is -2.01. The monoisotopic (exact) mass is 216 g/mol. The molecule has 0 bridgehead atoms. The van der Waals surface area contributed by atoms with E-state index in [4.69, 9.17) is 10.9 Å². The zero-order chi connectivity index (χ0) is 8.27. The van der Waals surface area contributed by atoms with Crippen LogP contribution in [0.3, 0.4) is 0 Å². The summed E-state index contributed by atoms with van der Waals surface area (Å²) < 4.78 is 0.685. The highest BCUT2D eigenvalue weighted by Gasteiger charge is 1.97. The Bertz CT molecular complexity index is 252. The summed E-state index contributed by atoms with van der Waals surface area (Å²) in [7, 11) is 0. The molecule has 0 atom stereocenters. The molecule has 0 saturated carbocycles. The fraction of sp³-hybridized carbons (Fsp3) is 0.143. The zero-order valence-corrected chi connectivity index (χ0v) is 7.43. The lowest BCUT2D eigenvalue weighted by molar-refractivity contribution is 0.471. The van der Waals surface area contributed by atoms with Crippen LogP contribution in [-0.2, 0) is 6.54 Å². The van der Waals surface area contributed by atoms with Crippen molar-refractivity contribution >= 4 is 15.9 Å². The van der Waals surface area contributed by atoms with Gasteiger partial charge in [0.2, 0.25) is 0 Å². The summed E-state index contributed by atoms with van der Waals surface area (Å²) in [6, 6.07) is 5.24. The molecule has 0 aliphatic carbocycles. The summed E-state index contributed by atoms with van der Waals surface area (Å²) in [5.41, 5.74) is 3.55. The molecule has 1 rings (SSSR count). The van der Waals surface area contributed by atoms with Crippen molar-refractivity contribution in [2.75, 3.05) is 0 Å². The Labute approximate surface area is 73.3 Å². The molecule has 4 heteroatoms. The van der Waals surface area contributed by atoms with E-state index in [2.05, 4.69) is 21.4 Å². The molecule has 0 aromatic heterocycles. The van der Waals surface area contributed by atoms with Crippen LogP contribution in [0.1, 0.15) is 5.56 Å². The summed E-state index contributed by atoms with van der Waals surface area (Å²) in [6.07, 6.45) is 0. The van der Waals surface area contributed by atoms with Gasteiger partial charge in [-0.15, -0.1) is 0 Å². The smallest absolute Gasteiger partial charge is 0.129 e. The second-order valence-electron chi connectivity index (χ2n) is 2.17. The van der Waals surface area contributed by atoms with Crippen molar-refractivity contribution in [1.82, 2.24) is 5.43 Å². The molecule has 0 fully saturated rings. The Morgan fingerprint density at radius 2 is 2.27 bits per heavy atom. The molecule has 3 nitrogen and oxygen atoms in total. The van der Waals surface area contributed by atoms with Crippen LogP contribution in [0.5, 0.6) is 5.75 Å². The van der Waals surface area contributed by atoms with Gasteiger partial charge in [-0.1, -0.05) is 6.07 Å². The molecular formula is C7H9BrN2O. The van der Waals surface area contributed by atoms with E-state index in [1.807, 2.05) is 6.07 Å². The third-order valence-electron chi connectivity index (χ3n) is 1.32. The predicted molar refractivity (Wildman–Crippen MR) is 46.8 cm³/mol. The normalized spacial score (nSPS) is 10.0. The average Bonchev–Trinajstić information content (AvgIpc) is 1.98. The minimum absolute atomic E-state index is 0.241. The molecule has 0 heterocycles. The van der Waals surface area contributed by atoms with Crippen LogP contribution >= 0.6 is 15.9 Å². The van der Waals surface area contributed by atoms with Crippen LogP contribution in [0.4, 0.5) is 0 Å². The highest BCUT2D eigenvalue weighted by atomic mass is 79.9. The van der Waals surface area contributed by atoms with Crippen molar-refractivity contribution in [3.8, 4) is 5.75 Å². The molecule has 0 aliphatic heterocycles. The molecule has 0 aliphatic rings. The molecule has 0 amide bonds. The van der Waals surface area contributed by atoms with E-state index < -0.39 is 0 Å². The van der Waals surface area contributed by atoms with Gasteiger partial charge in [-0.25, -0.2) is 0 Å². The fourth-order valence-electron chi connectivity index (χ4n) is 0.778. The van der Waals surface area contributed by atoms with Gasteiger partial charge >= 0.3 is 0 Å². The van der Waals surface area contributed by atoms with E-state index in [0.29, 0.717) is 11.0 Å². The lowest BCUT2D eigenvalue weighted by atomic mass is 10.2. The Morgan fingerprint density at radius 3 is 2.82 bits per heavy atom. The topological polar surface area (TPSA) is 58.3 Å². The van der Waals surface area contributed by atoms with Crippen LogP contribution < -0.4 is 11.3 Å². The van der Waals surface area contributed by atoms with Crippen LogP contribution in [0, 0.1) is 0 Å². The van der Waals surface area contributed by atoms with Crippen LogP contribution in [0.25, 0.3) is 0 Å². The number of nitrogens with two attached hydrogens (primary N) is 1. The van der Waals surface area contributed by atoms with Crippen molar-refractivity contribution < 1.29 is 5.11 Å². The highest BCUT2D eigenvalue weighted by molar-refractivity contribution is 9.10. The maximum atomic E-state index is 9.11. The third-order valence-corrected chi connectivity index (χ3v) is 1.95. The van der Waals surface area contributed by atoms with Crippen LogP contribution in [0.2, 0.25) is 0 Å². The largest absolute Gasteiger partial charge is 0.507 e. The molecule has 4 N–H and O–H groups in total. The highest BCUT2D eigenvalue weighted by Crippen LogP contribution is 2.23. The molecule has 0 spiro atoms. The number of hydrogen-bond donors (Lipinski definition) is 3. The SMILES string of the molecule is NNCc1ccc(O)c(Br)c1. The Morgan fingerprint density at radius 1 is 1.55 bits per heavy atom. The molecule has 11 heavy (non-hydrogen) atoms. The number of halogens is 1. The molecule has 0 unspecified atom stereocenters. The number of hydrogen-bond acceptors (Lipinski definition) is 3. The van der Waals surface area contributed by atoms with Crippen molar-refractivity contribution in [2.24, 2.45) is 5.84 Å². The summed E-state index contributed by atoms with van der Waals surface area (Å²) in [4.78, 5) is 0. The zero-order valence-electron chi connectivity index (χ0n) is 5.84. The number of nitrogens with one attached hydrogen (secondary N) is 1. The first kappa shape index (κ1) is 8.52. The summed E-state index contributed by atoms with van der Waals surface area (Å²) >= 11 is 3.20. The second kappa shape index (κ2) is 3.71. The van der Waals surface area contributed by atoms with E-state index >= 15 is 0 Å². The fourth-order valence-corrected chi connectivity index (χ4v) is 1.20. The Hall–Kier alpha value is -0.580. The van der Waals surface area contributed by atoms with Gasteiger partial charge in [0.15, 0.2) is 0 Å². The molecule has 0 saturated heterocycles. The third kappa shape index (κ3) is 2.18. The second-order valence-corrected chi connectivity index (χ2v) is 3.02. The van der Waals surface area contributed by atoms with E-state index in [1.165, 1.54) is 0 Å². The molecule has 60 valence electrons. The van der Waals surface area contributed by atoms with Gasteiger partial charge in [0.25, 0.3) is 0 Å². The van der Waals surface area contributed by atoms with Crippen molar-refractivity contribution in [3.63, 3.8) is 0 Å². The van der Waals surface area contributed by atoms with E-state index in [9.17, 15) is 0 Å². The van der Waals surface area contributed by atoms with Gasteiger partial charge in [-0.05, 0) is 33.6 Å².